The summed E-state index contributed by atoms with van der Waals surface area (Å²) >= 11 is 0. The summed E-state index contributed by atoms with van der Waals surface area (Å²) in [5.41, 5.74) is 3.76. The van der Waals surface area contributed by atoms with Crippen LogP contribution in [0.2, 0.25) is 0 Å². The Hall–Kier alpha value is -2.66. The van der Waals surface area contributed by atoms with Gasteiger partial charge in [-0.1, -0.05) is 43.2 Å². The summed E-state index contributed by atoms with van der Waals surface area (Å²) in [6.07, 6.45) is 3.77. The van der Waals surface area contributed by atoms with Crippen LogP contribution in [0.25, 0.3) is 0 Å². The fourth-order valence-corrected chi connectivity index (χ4v) is 3.81. The van der Waals surface area contributed by atoms with Crippen molar-refractivity contribution in [1.29, 1.82) is 0 Å². The number of benzene rings is 2. The number of nitrogens with zero attached hydrogens (tertiary/aromatic N) is 1. The fraction of sp³-hybridized carbons (Fsp3) is 0.440. The van der Waals surface area contributed by atoms with Crippen LogP contribution in [-0.2, 0) is 16.1 Å². The summed E-state index contributed by atoms with van der Waals surface area (Å²) < 4.78 is 5.22. The van der Waals surface area contributed by atoms with Crippen molar-refractivity contribution < 1.29 is 14.3 Å². The average molecular weight is 409 g/mol. The third kappa shape index (κ3) is 6.42. The number of esters is 1. The highest BCUT2D eigenvalue weighted by Crippen LogP contribution is 2.21. The number of carbonyl (C=O) groups excluding carboxylic acids is 2. The molecule has 3 rings (SSSR count). The van der Waals surface area contributed by atoms with Crippen LogP contribution in [0.5, 0.6) is 0 Å². The Kier molecular flexibility index (Phi) is 8.03. The molecule has 1 aliphatic heterocycles. The van der Waals surface area contributed by atoms with Gasteiger partial charge in [0.1, 0.15) is 0 Å². The minimum atomic E-state index is -0.319. The molecule has 0 spiro atoms. The Labute approximate surface area is 179 Å². The van der Waals surface area contributed by atoms with Gasteiger partial charge in [-0.2, -0.15) is 0 Å². The standard InChI is InChI=1S/C25H32N2O3/c1-3-4-15-30-25(29)21-10-12-23(13-11-21)26-24(28)22-9-6-14-27(18-22)17-20-8-5-7-19(2)16-20/h5,7-8,10-13,16,22H,3-4,6,9,14-15,17-18H2,1-2H3,(H,26,28). The summed E-state index contributed by atoms with van der Waals surface area (Å²) in [6, 6.07) is 15.5. The quantitative estimate of drug-likeness (QED) is 0.503. The maximum absolute atomic E-state index is 12.8. The number of carbonyl (C=O) groups is 2. The molecule has 1 atom stereocenters. The van der Waals surface area contributed by atoms with Crippen LogP contribution in [-0.4, -0.2) is 36.5 Å². The fourth-order valence-electron chi connectivity index (χ4n) is 3.81. The number of likely N-dealkylation sites (tertiary alicyclic amines) is 1. The van der Waals surface area contributed by atoms with Gasteiger partial charge in [0.2, 0.25) is 5.91 Å². The Morgan fingerprint density at radius 1 is 1.17 bits per heavy atom. The van der Waals surface area contributed by atoms with E-state index in [0.29, 0.717) is 17.9 Å². The number of ether oxygens (including phenoxy) is 1. The zero-order chi connectivity index (χ0) is 21.3. The summed E-state index contributed by atoms with van der Waals surface area (Å²) in [6.45, 7) is 7.26. The molecular weight excluding hydrogens is 376 g/mol. The molecule has 2 aromatic rings. The number of aryl methyl sites for hydroxylation is 1. The lowest BCUT2D eigenvalue weighted by atomic mass is 9.96. The van der Waals surface area contributed by atoms with Gasteiger partial charge >= 0.3 is 5.97 Å². The van der Waals surface area contributed by atoms with Crippen LogP contribution in [0.3, 0.4) is 0 Å². The van der Waals surface area contributed by atoms with E-state index in [4.69, 9.17) is 4.74 Å². The van der Waals surface area contributed by atoms with Gasteiger partial charge in [-0.05, 0) is 62.6 Å². The van der Waals surface area contributed by atoms with Crippen molar-refractivity contribution in [2.24, 2.45) is 5.92 Å². The SMILES string of the molecule is CCCCOC(=O)c1ccc(NC(=O)C2CCCN(Cc3cccc(C)c3)C2)cc1. The topological polar surface area (TPSA) is 58.6 Å². The van der Waals surface area contributed by atoms with Crippen LogP contribution in [0.4, 0.5) is 5.69 Å². The summed E-state index contributed by atoms with van der Waals surface area (Å²) in [5, 5.41) is 3.01. The number of rotatable bonds is 8. The van der Waals surface area contributed by atoms with Crippen LogP contribution >= 0.6 is 0 Å². The van der Waals surface area contributed by atoms with Crippen molar-refractivity contribution in [3.8, 4) is 0 Å². The first-order chi connectivity index (χ1) is 14.5. The minimum absolute atomic E-state index is 0.0257. The molecule has 1 saturated heterocycles. The van der Waals surface area contributed by atoms with Crippen LogP contribution in [0.15, 0.2) is 48.5 Å². The predicted molar refractivity (Wildman–Crippen MR) is 119 cm³/mol. The van der Waals surface area contributed by atoms with E-state index in [1.807, 2.05) is 0 Å². The van der Waals surface area contributed by atoms with E-state index in [1.54, 1.807) is 24.3 Å². The lowest BCUT2D eigenvalue weighted by molar-refractivity contribution is -0.121. The van der Waals surface area contributed by atoms with E-state index >= 15 is 0 Å². The molecule has 1 heterocycles. The summed E-state index contributed by atoms with van der Waals surface area (Å²) in [5.74, 6) is -0.301. The minimum Gasteiger partial charge on any atom is -0.462 e. The van der Waals surface area contributed by atoms with Crippen molar-refractivity contribution >= 4 is 17.6 Å². The second-order valence-electron chi connectivity index (χ2n) is 8.12. The van der Waals surface area contributed by atoms with Crippen LogP contribution in [0, 0.1) is 12.8 Å². The molecule has 1 amide bonds. The van der Waals surface area contributed by atoms with Crippen molar-refractivity contribution in [1.82, 2.24) is 4.90 Å². The monoisotopic (exact) mass is 408 g/mol. The highest BCUT2D eigenvalue weighted by Gasteiger charge is 2.26. The van der Waals surface area contributed by atoms with Gasteiger partial charge in [0, 0.05) is 18.8 Å². The van der Waals surface area contributed by atoms with E-state index in [0.717, 1.165) is 45.3 Å². The van der Waals surface area contributed by atoms with Gasteiger partial charge in [-0.3, -0.25) is 9.69 Å². The van der Waals surface area contributed by atoms with Crippen molar-refractivity contribution in [3.63, 3.8) is 0 Å². The molecule has 0 saturated carbocycles. The first-order valence-electron chi connectivity index (χ1n) is 10.9. The number of nitrogens with one attached hydrogen (secondary N) is 1. The Morgan fingerprint density at radius 2 is 1.97 bits per heavy atom. The molecule has 2 aromatic carbocycles. The molecule has 5 nitrogen and oxygen atoms in total. The second-order valence-corrected chi connectivity index (χ2v) is 8.12. The molecule has 0 bridgehead atoms. The highest BCUT2D eigenvalue weighted by molar-refractivity contribution is 5.94. The molecule has 0 aromatic heterocycles. The molecule has 0 radical (unpaired) electrons. The molecule has 30 heavy (non-hydrogen) atoms. The normalized spacial score (nSPS) is 16.8. The lowest BCUT2D eigenvalue weighted by Gasteiger charge is -2.32. The third-order valence-electron chi connectivity index (χ3n) is 5.48. The molecule has 160 valence electrons. The number of piperidine rings is 1. The summed E-state index contributed by atoms with van der Waals surface area (Å²) in [7, 11) is 0. The van der Waals surface area contributed by atoms with Gasteiger partial charge in [-0.25, -0.2) is 4.79 Å². The first-order valence-corrected chi connectivity index (χ1v) is 10.9. The van der Waals surface area contributed by atoms with Gasteiger partial charge < -0.3 is 10.1 Å². The average Bonchev–Trinajstić information content (AvgIpc) is 2.74. The molecule has 1 fully saturated rings. The van der Waals surface area contributed by atoms with Crippen molar-refractivity contribution in [2.45, 2.75) is 46.1 Å². The van der Waals surface area contributed by atoms with Gasteiger partial charge in [-0.15, -0.1) is 0 Å². The first kappa shape index (κ1) is 22.0. The van der Waals surface area contributed by atoms with E-state index < -0.39 is 0 Å². The predicted octanol–water partition coefficient (Wildman–Crippen LogP) is 4.80. The lowest BCUT2D eigenvalue weighted by Crippen LogP contribution is -2.40. The van der Waals surface area contributed by atoms with E-state index in [-0.39, 0.29) is 17.8 Å². The maximum atomic E-state index is 12.8. The van der Waals surface area contributed by atoms with Crippen LogP contribution < -0.4 is 5.32 Å². The zero-order valence-electron chi connectivity index (χ0n) is 18.0. The third-order valence-corrected chi connectivity index (χ3v) is 5.48. The van der Waals surface area contributed by atoms with Crippen LogP contribution in [0.1, 0.15) is 54.1 Å². The number of unbranched alkanes of at least 4 members (excludes halogenated alkanes) is 1. The highest BCUT2D eigenvalue weighted by atomic mass is 16.5. The number of hydrogen-bond acceptors (Lipinski definition) is 4. The zero-order valence-corrected chi connectivity index (χ0v) is 18.0. The smallest absolute Gasteiger partial charge is 0.338 e. The van der Waals surface area contributed by atoms with Gasteiger partial charge in [0.25, 0.3) is 0 Å². The van der Waals surface area contributed by atoms with Crippen molar-refractivity contribution in [2.75, 3.05) is 25.0 Å². The Bertz CT molecular complexity index is 848. The molecule has 1 N–H and O–H groups in total. The van der Waals surface area contributed by atoms with E-state index in [2.05, 4.69) is 48.3 Å². The van der Waals surface area contributed by atoms with Gasteiger partial charge in [0.05, 0.1) is 18.1 Å². The molecule has 1 aliphatic rings. The summed E-state index contributed by atoms with van der Waals surface area (Å²) in [4.78, 5) is 27.1. The van der Waals surface area contributed by atoms with Gasteiger partial charge in [0.15, 0.2) is 0 Å². The molecule has 1 unspecified atom stereocenters. The Balaban J connectivity index is 1.51. The number of amides is 1. The molecule has 5 heteroatoms. The Morgan fingerprint density at radius 3 is 2.70 bits per heavy atom. The number of hydrogen-bond donors (Lipinski definition) is 1. The number of anilines is 1. The molecule has 0 aliphatic carbocycles. The largest absolute Gasteiger partial charge is 0.462 e. The maximum Gasteiger partial charge on any atom is 0.338 e. The van der Waals surface area contributed by atoms with E-state index in [1.165, 1.54) is 11.1 Å². The van der Waals surface area contributed by atoms with Crippen molar-refractivity contribution in [3.05, 3.63) is 65.2 Å². The second kappa shape index (κ2) is 10.9. The molecular formula is C25H32N2O3. The van der Waals surface area contributed by atoms with E-state index in [9.17, 15) is 9.59 Å².